The van der Waals surface area contributed by atoms with Crippen LogP contribution in [0.1, 0.15) is 20.8 Å². The summed E-state index contributed by atoms with van der Waals surface area (Å²) in [6, 6.07) is 12.8. The minimum atomic E-state index is -3.38. The third kappa shape index (κ3) is 4.55. The lowest BCUT2D eigenvalue weighted by molar-refractivity contribution is 0.433. The Labute approximate surface area is 198 Å². The van der Waals surface area contributed by atoms with Gasteiger partial charge in [0.15, 0.2) is 27.1 Å². The number of benzene rings is 2. The molecule has 0 bridgehead atoms. The Balaban J connectivity index is 0.00000342. The molecule has 8 nitrogen and oxygen atoms in total. The Morgan fingerprint density at radius 1 is 1.12 bits per heavy atom. The molecule has 0 saturated carbocycles. The maximum Gasteiger partial charge on any atom is 0.189 e. The third-order valence-electron chi connectivity index (χ3n) is 5.33. The van der Waals surface area contributed by atoms with Gasteiger partial charge >= 0.3 is 0 Å². The van der Waals surface area contributed by atoms with Crippen LogP contribution in [0.2, 0.25) is 0 Å². The highest BCUT2D eigenvalue weighted by Gasteiger charge is 2.20. The highest BCUT2D eigenvalue weighted by atomic mass is 32.2. The number of nitrogens with two attached hydrogens (primary N) is 1. The van der Waals surface area contributed by atoms with E-state index in [2.05, 4.69) is 20.4 Å². The zero-order chi connectivity index (χ0) is 24.5. The first kappa shape index (κ1) is 23.5. The lowest BCUT2D eigenvalue weighted by Gasteiger charge is -2.09. The summed E-state index contributed by atoms with van der Waals surface area (Å²) in [5, 5.41) is 6.43. The van der Waals surface area contributed by atoms with Crippen molar-refractivity contribution in [3.63, 3.8) is 0 Å². The summed E-state index contributed by atoms with van der Waals surface area (Å²) in [5.74, 6) is -0.0632. The summed E-state index contributed by atoms with van der Waals surface area (Å²) in [5.41, 5.74) is 8.80. The second kappa shape index (κ2) is 9.32. The van der Waals surface area contributed by atoms with E-state index in [0.717, 1.165) is 5.56 Å². The number of rotatable bonds is 7. The Morgan fingerprint density at radius 3 is 2.50 bits per heavy atom. The molecule has 34 heavy (non-hydrogen) atoms. The van der Waals surface area contributed by atoms with E-state index in [1.807, 2.05) is 0 Å². The maximum atomic E-state index is 14.6. The van der Waals surface area contributed by atoms with Crippen molar-refractivity contribution in [3.05, 3.63) is 66.1 Å². The molecule has 0 atom stereocenters. The van der Waals surface area contributed by atoms with Crippen LogP contribution >= 0.6 is 0 Å². The van der Waals surface area contributed by atoms with Crippen LogP contribution in [-0.4, -0.2) is 35.8 Å². The molecular weight excluding hydrogens is 457 g/mol. The molecule has 2 aromatic carbocycles. The lowest BCUT2D eigenvalue weighted by Crippen LogP contribution is -2.13. The lowest BCUT2D eigenvalue weighted by atomic mass is 10.1. The fourth-order valence-electron chi connectivity index (χ4n) is 3.40. The van der Waals surface area contributed by atoms with Crippen molar-refractivity contribution >= 4 is 15.7 Å². The quantitative estimate of drug-likeness (QED) is 0.398. The van der Waals surface area contributed by atoms with E-state index in [-0.39, 0.29) is 23.6 Å². The predicted molar refractivity (Wildman–Crippen MR) is 130 cm³/mol. The zero-order valence-electron chi connectivity index (χ0n) is 18.9. The molecular formula is C24H26FN5O3S. The van der Waals surface area contributed by atoms with Gasteiger partial charge in [-0.1, -0.05) is 23.4 Å². The molecule has 0 amide bonds. The third-order valence-corrected chi connectivity index (χ3v) is 7.50. The minimum Gasteiger partial charge on any atom is -0.382 e. The van der Waals surface area contributed by atoms with E-state index >= 15 is 0 Å². The van der Waals surface area contributed by atoms with Crippen molar-refractivity contribution < 1.29 is 18.8 Å². The van der Waals surface area contributed by atoms with Gasteiger partial charge in [0, 0.05) is 25.2 Å². The number of halogens is 1. The molecule has 178 valence electrons. The number of sulfone groups is 1. The van der Waals surface area contributed by atoms with Gasteiger partial charge in [-0.15, -0.1) is 0 Å². The molecule has 3 N–H and O–H groups in total. The molecule has 0 aliphatic rings. The van der Waals surface area contributed by atoms with E-state index in [4.69, 9.17) is 10.3 Å². The number of nitrogens with one attached hydrogen (secondary N) is 1. The molecule has 0 saturated heterocycles. The molecule has 0 radical (unpaired) electrons. The first-order valence-electron chi connectivity index (χ1n) is 10.6. The topological polar surface area (TPSA) is 124 Å². The van der Waals surface area contributed by atoms with Gasteiger partial charge in [-0.3, -0.25) is 0 Å². The fraction of sp³-hybridized carbons (Fsp3) is 0.208. The maximum absolute atomic E-state index is 14.6. The van der Waals surface area contributed by atoms with E-state index < -0.39 is 20.9 Å². The molecule has 4 aromatic rings. The predicted octanol–water partition coefficient (Wildman–Crippen LogP) is 4.33. The number of aromatic nitrogens is 3. The Kier molecular flexibility index (Phi) is 6.45. The van der Waals surface area contributed by atoms with Crippen molar-refractivity contribution in [2.45, 2.75) is 30.5 Å². The van der Waals surface area contributed by atoms with E-state index in [9.17, 15) is 12.8 Å². The van der Waals surface area contributed by atoms with E-state index in [0.29, 0.717) is 29.1 Å². The van der Waals surface area contributed by atoms with Crippen LogP contribution in [0.15, 0.2) is 64.1 Å². The summed E-state index contributed by atoms with van der Waals surface area (Å²) in [6.45, 7) is 3.81. The van der Waals surface area contributed by atoms with Gasteiger partial charge < -0.3 is 15.6 Å². The van der Waals surface area contributed by atoms with Crippen LogP contribution in [0.25, 0.3) is 34.0 Å². The van der Waals surface area contributed by atoms with Gasteiger partial charge in [0.1, 0.15) is 11.5 Å². The number of hydrogen-bond acceptors (Lipinski definition) is 8. The normalized spacial score (nSPS) is 11.8. The van der Waals surface area contributed by atoms with Crippen LogP contribution < -0.4 is 11.1 Å². The molecule has 0 spiro atoms. The molecule has 10 heteroatoms. The van der Waals surface area contributed by atoms with Gasteiger partial charge in [0.2, 0.25) is 0 Å². The van der Waals surface area contributed by atoms with Crippen LogP contribution in [0, 0.1) is 5.82 Å². The molecule has 0 unspecified atom stereocenters. The second-order valence-corrected chi connectivity index (χ2v) is 10.5. The standard InChI is InChI=1S/C24H24FN5O3S.H2/c1-14(2)34(31,32)17-7-5-16(6-8-17)21-13-28-24(26)23(29-21)22-11-20(30-33-22)18-9-4-15(12-27-3)10-19(18)25;/h4-11,13-14,27H,12H2,1-3H3,(H2,26,28);1H. The summed E-state index contributed by atoms with van der Waals surface area (Å²) in [4.78, 5) is 8.96. The number of anilines is 1. The van der Waals surface area contributed by atoms with Gasteiger partial charge in [0.05, 0.1) is 22.0 Å². The number of nitrogens with zero attached hydrogens (tertiary/aromatic N) is 3. The number of nitrogen functional groups attached to an aromatic ring is 1. The van der Waals surface area contributed by atoms with Gasteiger partial charge in [0.25, 0.3) is 0 Å². The molecule has 2 heterocycles. The molecule has 0 aliphatic carbocycles. The van der Waals surface area contributed by atoms with E-state index in [1.54, 1.807) is 51.2 Å². The van der Waals surface area contributed by atoms with Crippen molar-refractivity contribution in [1.82, 2.24) is 20.4 Å². The average molecular weight is 484 g/mol. The average Bonchev–Trinajstić information content (AvgIpc) is 3.29. The van der Waals surface area contributed by atoms with Crippen molar-refractivity contribution in [1.29, 1.82) is 0 Å². The highest BCUT2D eigenvalue weighted by Crippen LogP contribution is 2.31. The smallest absolute Gasteiger partial charge is 0.189 e. The number of hydrogen-bond donors (Lipinski definition) is 2. The van der Waals surface area contributed by atoms with Crippen LogP contribution in [0.4, 0.5) is 10.2 Å². The van der Waals surface area contributed by atoms with Crippen LogP contribution in [-0.2, 0) is 16.4 Å². The van der Waals surface area contributed by atoms with Crippen LogP contribution in [0.5, 0.6) is 0 Å². The minimum absolute atomic E-state index is 0. The van der Waals surface area contributed by atoms with Gasteiger partial charge in [-0.25, -0.2) is 22.8 Å². The second-order valence-electron chi connectivity index (χ2n) is 8.03. The SMILES string of the molecule is CNCc1ccc(-c2cc(-c3nc(-c4ccc(S(=O)(=O)C(C)C)cc4)cnc3N)on2)c(F)c1.[HH]. The first-order chi connectivity index (χ1) is 16.2. The Hall–Kier alpha value is -3.63. The first-order valence-corrected chi connectivity index (χ1v) is 12.1. The summed E-state index contributed by atoms with van der Waals surface area (Å²) >= 11 is 0. The molecule has 0 aliphatic heterocycles. The summed E-state index contributed by atoms with van der Waals surface area (Å²) in [7, 11) is -1.59. The molecule has 4 rings (SSSR count). The monoisotopic (exact) mass is 483 g/mol. The van der Waals surface area contributed by atoms with Crippen molar-refractivity contribution in [2.24, 2.45) is 0 Å². The Morgan fingerprint density at radius 2 is 1.85 bits per heavy atom. The zero-order valence-corrected chi connectivity index (χ0v) is 19.7. The highest BCUT2D eigenvalue weighted by molar-refractivity contribution is 7.92. The fourth-order valence-corrected chi connectivity index (χ4v) is 4.46. The molecule has 0 fully saturated rings. The molecule has 2 aromatic heterocycles. The Bertz CT molecular complexity index is 1440. The largest absolute Gasteiger partial charge is 0.382 e. The van der Waals surface area contributed by atoms with Crippen molar-refractivity contribution in [3.8, 4) is 34.0 Å². The summed E-state index contributed by atoms with van der Waals surface area (Å²) < 4.78 is 44.7. The van der Waals surface area contributed by atoms with Gasteiger partial charge in [-0.05, 0) is 50.7 Å². The summed E-state index contributed by atoms with van der Waals surface area (Å²) in [6.07, 6.45) is 1.49. The van der Waals surface area contributed by atoms with Crippen molar-refractivity contribution in [2.75, 3.05) is 12.8 Å². The van der Waals surface area contributed by atoms with Crippen LogP contribution in [0.3, 0.4) is 0 Å². The van der Waals surface area contributed by atoms with Gasteiger partial charge in [-0.2, -0.15) is 0 Å². The van der Waals surface area contributed by atoms with E-state index in [1.165, 1.54) is 24.4 Å².